The van der Waals surface area contributed by atoms with E-state index in [1.165, 1.54) is 0 Å². The van der Waals surface area contributed by atoms with Gasteiger partial charge < -0.3 is 10.4 Å². The van der Waals surface area contributed by atoms with E-state index in [9.17, 15) is 4.79 Å². The maximum Gasteiger partial charge on any atom is 0.326 e. The van der Waals surface area contributed by atoms with Crippen molar-refractivity contribution in [3.63, 3.8) is 0 Å². The van der Waals surface area contributed by atoms with Crippen LogP contribution in [0.2, 0.25) is 0 Å². The number of hydrogen-bond donors (Lipinski definition) is 2. The molecule has 1 aliphatic carbocycles. The van der Waals surface area contributed by atoms with Crippen LogP contribution in [0, 0.1) is 0 Å². The second-order valence-electron chi connectivity index (χ2n) is 4.40. The molecule has 0 aromatic carbocycles. The summed E-state index contributed by atoms with van der Waals surface area (Å²) in [5.41, 5.74) is 0. The number of nitrogens with zero attached hydrogens (tertiary/aromatic N) is 2. The minimum atomic E-state index is -0.835. The Hall–Kier alpha value is -1.65. The van der Waals surface area contributed by atoms with E-state index >= 15 is 0 Å². The molecule has 0 radical (unpaired) electrons. The van der Waals surface area contributed by atoms with Gasteiger partial charge in [0.15, 0.2) is 0 Å². The van der Waals surface area contributed by atoms with E-state index in [0.717, 1.165) is 25.1 Å². The molecule has 1 aromatic heterocycles. The average Bonchev–Trinajstić information content (AvgIpc) is 3.12. The highest BCUT2D eigenvalue weighted by molar-refractivity contribution is 5.76. The van der Waals surface area contributed by atoms with Crippen molar-refractivity contribution < 1.29 is 9.90 Å². The predicted octanol–water partition coefficient (Wildman–Crippen LogP) is 2.02. The van der Waals surface area contributed by atoms with Crippen LogP contribution in [0.4, 0.5) is 5.82 Å². The highest BCUT2D eigenvalue weighted by Gasteiger charge is 2.27. The molecule has 1 unspecified atom stereocenters. The first kappa shape index (κ1) is 11.8. The third-order valence-electron chi connectivity index (χ3n) is 2.81. The van der Waals surface area contributed by atoms with Crippen molar-refractivity contribution in [2.24, 2.45) is 0 Å². The van der Waals surface area contributed by atoms with Crippen LogP contribution in [0.15, 0.2) is 12.3 Å². The second kappa shape index (κ2) is 5.12. The van der Waals surface area contributed by atoms with Gasteiger partial charge in [0.1, 0.15) is 17.7 Å². The Morgan fingerprint density at radius 3 is 3.00 bits per heavy atom. The van der Waals surface area contributed by atoms with Crippen LogP contribution >= 0.6 is 0 Å². The molecule has 1 heterocycles. The Morgan fingerprint density at radius 2 is 2.41 bits per heavy atom. The van der Waals surface area contributed by atoms with Crippen LogP contribution in [0.5, 0.6) is 0 Å². The number of anilines is 1. The SMILES string of the molecule is CCCC(Nc1ccnc(C2CC2)n1)C(=O)O. The third-order valence-corrected chi connectivity index (χ3v) is 2.81. The Labute approximate surface area is 100 Å². The summed E-state index contributed by atoms with van der Waals surface area (Å²) in [7, 11) is 0. The zero-order valence-corrected chi connectivity index (χ0v) is 9.89. The third kappa shape index (κ3) is 3.15. The van der Waals surface area contributed by atoms with Crippen molar-refractivity contribution in [2.75, 3.05) is 5.32 Å². The highest BCUT2D eigenvalue weighted by Crippen LogP contribution is 2.38. The Kier molecular flexibility index (Phi) is 3.56. The summed E-state index contributed by atoms with van der Waals surface area (Å²) in [6.07, 6.45) is 5.39. The quantitative estimate of drug-likeness (QED) is 0.789. The molecule has 5 nitrogen and oxygen atoms in total. The molecule has 92 valence electrons. The lowest BCUT2D eigenvalue weighted by Crippen LogP contribution is -2.29. The van der Waals surface area contributed by atoms with E-state index < -0.39 is 12.0 Å². The molecule has 1 atom stereocenters. The van der Waals surface area contributed by atoms with E-state index in [1.54, 1.807) is 12.3 Å². The lowest BCUT2D eigenvalue weighted by molar-refractivity contribution is -0.138. The molecule has 0 spiro atoms. The fourth-order valence-electron chi connectivity index (χ4n) is 1.72. The summed E-state index contributed by atoms with van der Waals surface area (Å²) in [6.45, 7) is 1.97. The molecule has 5 heteroatoms. The van der Waals surface area contributed by atoms with Gasteiger partial charge in [0, 0.05) is 12.1 Å². The Bertz CT molecular complexity index is 404. The van der Waals surface area contributed by atoms with Gasteiger partial charge in [-0.05, 0) is 25.3 Å². The average molecular weight is 235 g/mol. The standard InChI is InChI=1S/C12H17N3O2/c1-2-3-9(12(16)17)14-10-6-7-13-11(15-10)8-4-5-8/h6-9H,2-5H2,1H3,(H,16,17)(H,13,14,15). The summed E-state index contributed by atoms with van der Waals surface area (Å²) in [5, 5.41) is 12.0. The number of hydrogen-bond acceptors (Lipinski definition) is 4. The first-order chi connectivity index (χ1) is 8.20. The van der Waals surface area contributed by atoms with E-state index in [1.807, 2.05) is 6.92 Å². The van der Waals surface area contributed by atoms with E-state index in [-0.39, 0.29) is 0 Å². The maximum atomic E-state index is 11.0. The van der Waals surface area contributed by atoms with Crippen molar-refractivity contribution in [3.05, 3.63) is 18.1 Å². The van der Waals surface area contributed by atoms with Crippen molar-refractivity contribution in [3.8, 4) is 0 Å². The summed E-state index contributed by atoms with van der Waals surface area (Å²) in [6, 6.07) is 1.15. The lowest BCUT2D eigenvalue weighted by Gasteiger charge is -2.14. The summed E-state index contributed by atoms with van der Waals surface area (Å²) >= 11 is 0. The van der Waals surface area contributed by atoms with Crippen LogP contribution in [-0.4, -0.2) is 27.1 Å². The summed E-state index contributed by atoms with van der Waals surface area (Å²) in [5.74, 6) is 1.09. The predicted molar refractivity (Wildman–Crippen MR) is 64.0 cm³/mol. The van der Waals surface area contributed by atoms with Crippen LogP contribution in [0.3, 0.4) is 0 Å². The van der Waals surface area contributed by atoms with E-state index in [4.69, 9.17) is 5.11 Å². The van der Waals surface area contributed by atoms with Gasteiger partial charge in [-0.3, -0.25) is 0 Å². The number of carboxylic acid groups (broad SMARTS) is 1. The van der Waals surface area contributed by atoms with Crippen LogP contribution in [0.25, 0.3) is 0 Å². The first-order valence-corrected chi connectivity index (χ1v) is 6.03. The van der Waals surface area contributed by atoms with E-state index in [0.29, 0.717) is 18.2 Å². The molecular formula is C12H17N3O2. The molecule has 0 bridgehead atoms. The molecule has 1 aromatic rings. The van der Waals surface area contributed by atoms with E-state index in [2.05, 4.69) is 15.3 Å². The maximum absolute atomic E-state index is 11.0. The molecule has 1 fully saturated rings. The monoisotopic (exact) mass is 235 g/mol. The van der Waals surface area contributed by atoms with Gasteiger partial charge in [0.05, 0.1) is 0 Å². The van der Waals surface area contributed by atoms with Gasteiger partial charge in [0.2, 0.25) is 0 Å². The summed E-state index contributed by atoms with van der Waals surface area (Å²) in [4.78, 5) is 19.6. The Balaban J connectivity index is 2.05. The van der Waals surface area contributed by atoms with Crippen molar-refractivity contribution in [1.29, 1.82) is 0 Å². The number of carbonyl (C=O) groups is 1. The molecule has 2 rings (SSSR count). The van der Waals surface area contributed by atoms with Gasteiger partial charge in [-0.15, -0.1) is 0 Å². The molecule has 17 heavy (non-hydrogen) atoms. The summed E-state index contributed by atoms with van der Waals surface area (Å²) < 4.78 is 0. The number of carboxylic acids is 1. The van der Waals surface area contributed by atoms with Gasteiger partial charge in [-0.2, -0.15) is 0 Å². The lowest BCUT2D eigenvalue weighted by atomic mass is 10.2. The zero-order valence-electron chi connectivity index (χ0n) is 9.89. The van der Waals surface area contributed by atoms with Gasteiger partial charge in [-0.1, -0.05) is 13.3 Å². The fraction of sp³-hybridized carbons (Fsp3) is 0.583. The van der Waals surface area contributed by atoms with Crippen molar-refractivity contribution in [2.45, 2.75) is 44.6 Å². The van der Waals surface area contributed by atoms with Crippen molar-refractivity contribution >= 4 is 11.8 Å². The Morgan fingerprint density at radius 1 is 1.65 bits per heavy atom. The number of nitrogens with one attached hydrogen (secondary N) is 1. The topological polar surface area (TPSA) is 75.1 Å². The molecular weight excluding hydrogens is 218 g/mol. The number of aromatic nitrogens is 2. The fourth-order valence-corrected chi connectivity index (χ4v) is 1.72. The van der Waals surface area contributed by atoms with Crippen LogP contribution in [-0.2, 0) is 4.79 Å². The zero-order chi connectivity index (χ0) is 12.3. The van der Waals surface area contributed by atoms with Crippen LogP contribution < -0.4 is 5.32 Å². The first-order valence-electron chi connectivity index (χ1n) is 6.03. The molecule has 0 aliphatic heterocycles. The molecule has 2 N–H and O–H groups in total. The van der Waals surface area contributed by atoms with Gasteiger partial charge >= 0.3 is 5.97 Å². The minimum absolute atomic E-state index is 0.478. The largest absolute Gasteiger partial charge is 0.480 e. The van der Waals surface area contributed by atoms with Crippen LogP contribution in [0.1, 0.15) is 44.3 Å². The second-order valence-corrected chi connectivity index (χ2v) is 4.40. The number of aliphatic carboxylic acids is 1. The molecule has 0 amide bonds. The van der Waals surface area contributed by atoms with Gasteiger partial charge in [0.25, 0.3) is 0 Å². The smallest absolute Gasteiger partial charge is 0.326 e. The number of rotatable bonds is 6. The molecule has 1 saturated carbocycles. The van der Waals surface area contributed by atoms with Gasteiger partial charge in [-0.25, -0.2) is 14.8 Å². The molecule has 1 aliphatic rings. The van der Waals surface area contributed by atoms with Crippen molar-refractivity contribution in [1.82, 2.24) is 9.97 Å². The normalized spacial score (nSPS) is 16.5. The minimum Gasteiger partial charge on any atom is -0.480 e. The molecule has 0 saturated heterocycles. The highest BCUT2D eigenvalue weighted by atomic mass is 16.4.